The molecule has 0 aliphatic carbocycles. The molecule has 2 amide bonds. The molecule has 0 unspecified atom stereocenters. The summed E-state index contributed by atoms with van der Waals surface area (Å²) in [6, 6.07) is 9.41. The number of rotatable bonds is 7. The minimum atomic E-state index is -0.581. The Bertz CT molecular complexity index is 487. The van der Waals surface area contributed by atoms with Gasteiger partial charge in [-0.05, 0) is 43.8 Å². The maximum absolute atomic E-state index is 11.7. The molecule has 1 saturated heterocycles. The van der Waals surface area contributed by atoms with Gasteiger partial charge in [0.25, 0.3) is 0 Å². The summed E-state index contributed by atoms with van der Waals surface area (Å²) in [5.41, 5.74) is 0.911. The van der Waals surface area contributed by atoms with E-state index < -0.39 is 6.09 Å². The summed E-state index contributed by atoms with van der Waals surface area (Å²) < 4.78 is 5.04. The van der Waals surface area contributed by atoms with Gasteiger partial charge in [0.05, 0.1) is 6.54 Å². The number of benzene rings is 1. The lowest BCUT2D eigenvalue weighted by Gasteiger charge is -2.22. The third kappa shape index (κ3) is 7.15. The maximum Gasteiger partial charge on any atom is 0.407 e. The fourth-order valence-corrected chi connectivity index (χ4v) is 2.58. The fourth-order valence-electron chi connectivity index (χ4n) is 2.58. The van der Waals surface area contributed by atoms with Crippen molar-refractivity contribution >= 4 is 12.0 Å². The summed E-state index contributed by atoms with van der Waals surface area (Å²) in [6.07, 6.45) is 2.74. The van der Waals surface area contributed by atoms with Gasteiger partial charge in [0.1, 0.15) is 6.61 Å². The Hall–Kier alpha value is -2.08. The van der Waals surface area contributed by atoms with Crippen molar-refractivity contribution in [1.29, 1.82) is 0 Å². The first-order chi connectivity index (χ1) is 11.2. The fraction of sp³-hybridized carbons (Fsp3) is 0.529. The molecule has 1 aliphatic heterocycles. The second-order valence-corrected chi connectivity index (χ2v) is 5.75. The van der Waals surface area contributed by atoms with Crippen molar-refractivity contribution in [2.75, 3.05) is 26.2 Å². The summed E-state index contributed by atoms with van der Waals surface area (Å²) in [5.74, 6) is 0.496. The van der Waals surface area contributed by atoms with Crippen LogP contribution in [-0.4, -0.2) is 38.2 Å². The van der Waals surface area contributed by atoms with Gasteiger partial charge in [-0.25, -0.2) is 4.79 Å². The van der Waals surface area contributed by atoms with E-state index in [0.29, 0.717) is 12.5 Å². The van der Waals surface area contributed by atoms with Crippen molar-refractivity contribution in [2.24, 2.45) is 5.92 Å². The highest BCUT2D eigenvalue weighted by atomic mass is 16.5. The lowest BCUT2D eigenvalue weighted by molar-refractivity contribution is -0.120. The standard InChI is InChI=1S/C17H25N3O3/c21-16(19-11-8-14-6-9-18-10-7-14)12-20-17(22)23-13-15-4-2-1-3-5-15/h1-5,14,18H,6-13H2,(H,19,21)(H,20,22). The Morgan fingerprint density at radius 2 is 1.87 bits per heavy atom. The highest BCUT2D eigenvalue weighted by molar-refractivity contribution is 5.82. The zero-order valence-corrected chi connectivity index (χ0v) is 13.3. The highest BCUT2D eigenvalue weighted by Gasteiger charge is 2.13. The Morgan fingerprint density at radius 1 is 1.13 bits per heavy atom. The average Bonchev–Trinajstić information content (AvgIpc) is 2.60. The minimum absolute atomic E-state index is 0.0557. The van der Waals surface area contributed by atoms with E-state index in [1.807, 2.05) is 30.3 Å². The second kappa shape index (κ2) is 9.84. The Kier molecular flexibility index (Phi) is 7.39. The first-order valence-corrected chi connectivity index (χ1v) is 8.16. The molecule has 1 fully saturated rings. The first-order valence-electron chi connectivity index (χ1n) is 8.16. The molecule has 0 saturated carbocycles. The molecule has 6 heteroatoms. The number of ether oxygens (including phenoxy) is 1. The molecule has 0 atom stereocenters. The number of alkyl carbamates (subject to hydrolysis) is 1. The lowest BCUT2D eigenvalue weighted by atomic mass is 9.95. The Morgan fingerprint density at radius 3 is 2.61 bits per heavy atom. The number of carbonyl (C=O) groups is 2. The van der Waals surface area contributed by atoms with E-state index in [0.717, 1.165) is 25.1 Å². The van der Waals surface area contributed by atoms with Gasteiger partial charge in [-0.1, -0.05) is 30.3 Å². The second-order valence-electron chi connectivity index (χ2n) is 5.75. The predicted molar refractivity (Wildman–Crippen MR) is 87.9 cm³/mol. The average molecular weight is 319 g/mol. The van der Waals surface area contributed by atoms with E-state index in [4.69, 9.17) is 4.74 Å². The van der Waals surface area contributed by atoms with Crippen molar-refractivity contribution in [3.05, 3.63) is 35.9 Å². The molecule has 0 spiro atoms. The van der Waals surface area contributed by atoms with Crippen molar-refractivity contribution in [3.63, 3.8) is 0 Å². The molecular formula is C17H25N3O3. The molecule has 0 aromatic heterocycles. The van der Waals surface area contributed by atoms with E-state index >= 15 is 0 Å². The molecule has 1 aromatic carbocycles. The molecule has 2 rings (SSSR count). The van der Waals surface area contributed by atoms with Crippen LogP contribution in [0.4, 0.5) is 4.79 Å². The smallest absolute Gasteiger partial charge is 0.407 e. The van der Waals surface area contributed by atoms with Crippen molar-refractivity contribution in [1.82, 2.24) is 16.0 Å². The van der Waals surface area contributed by atoms with Crippen LogP contribution in [0, 0.1) is 5.92 Å². The number of nitrogens with one attached hydrogen (secondary N) is 3. The maximum atomic E-state index is 11.7. The summed E-state index contributed by atoms with van der Waals surface area (Å²) in [7, 11) is 0. The van der Waals surface area contributed by atoms with E-state index in [-0.39, 0.29) is 19.1 Å². The van der Waals surface area contributed by atoms with E-state index in [9.17, 15) is 9.59 Å². The SMILES string of the molecule is O=C(CNC(=O)OCc1ccccc1)NCCC1CCNCC1. The van der Waals surface area contributed by atoms with Crippen LogP contribution < -0.4 is 16.0 Å². The van der Waals surface area contributed by atoms with Crippen LogP contribution >= 0.6 is 0 Å². The van der Waals surface area contributed by atoms with Gasteiger partial charge >= 0.3 is 6.09 Å². The number of carbonyl (C=O) groups excluding carboxylic acids is 2. The quantitative estimate of drug-likeness (QED) is 0.710. The molecule has 3 N–H and O–H groups in total. The molecule has 126 valence electrons. The molecule has 1 aliphatic rings. The van der Waals surface area contributed by atoms with Crippen LogP contribution in [0.25, 0.3) is 0 Å². The first kappa shape index (κ1) is 17.3. The van der Waals surface area contributed by atoms with Gasteiger partial charge in [-0.2, -0.15) is 0 Å². The summed E-state index contributed by atoms with van der Waals surface area (Å²) in [6.45, 7) is 2.93. The van der Waals surface area contributed by atoms with Crippen molar-refractivity contribution in [3.8, 4) is 0 Å². The van der Waals surface area contributed by atoms with Crippen LogP contribution in [0.2, 0.25) is 0 Å². The van der Waals surface area contributed by atoms with Crippen LogP contribution in [0.15, 0.2) is 30.3 Å². The van der Waals surface area contributed by atoms with Crippen LogP contribution in [0.3, 0.4) is 0 Å². The number of hydrogen-bond donors (Lipinski definition) is 3. The van der Waals surface area contributed by atoms with Gasteiger partial charge in [0.2, 0.25) is 5.91 Å². The van der Waals surface area contributed by atoms with Crippen LogP contribution in [0.1, 0.15) is 24.8 Å². The van der Waals surface area contributed by atoms with Crippen LogP contribution in [0.5, 0.6) is 0 Å². The van der Waals surface area contributed by atoms with Crippen molar-refractivity contribution < 1.29 is 14.3 Å². The highest BCUT2D eigenvalue weighted by Crippen LogP contribution is 2.14. The van der Waals surface area contributed by atoms with Gasteiger partial charge in [0.15, 0.2) is 0 Å². The molecule has 23 heavy (non-hydrogen) atoms. The van der Waals surface area contributed by atoms with E-state index in [2.05, 4.69) is 16.0 Å². The molecule has 1 aromatic rings. The predicted octanol–water partition coefficient (Wildman–Crippen LogP) is 1.42. The molecule has 0 radical (unpaired) electrons. The third-order valence-electron chi connectivity index (χ3n) is 3.94. The summed E-state index contributed by atoms with van der Waals surface area (Å²) >= 11 is 0. The number of hydrogen-bond acceptors (Lipinski definition) is 4. The largest absolute Gasteiger partial charge is 0.445 e. The van der Waals surface area contributed by atoms with Gasteiger partial charge in [-0.15, -0.1) is 0 Å². The molecule has 0 bridgehead atoms. The van der Waals surface area contributed by atoms with E-state index in [1.54, 1.807) is 0 Å². The minimum Gasteiger partial charge on any atom is -0.445 e. The van der Waals surface area contributed by atoms with Gasteiger partial charge < -0.3 is 20.7 Å². The summed E-state index contributed by atoms with van der Waals surface area (Å²) in [5, 5.41) is 8.61. The lowest BCUT2D eigenvalue weighted by Crippen LogP contribution is -2.38. The molecule has 1 heterocycles. The van der Waals surface area contributed by atoms with Gasteiger partial charge in [-0.3, -0.25) is 4.79 Å². The summed E-state index contributed by atoms with van der Waals surface area (Å²) in [4.78, 5) is 23.2. The van der Waals surface area contributed by atoms with Crippen LogP contribution in [-0.2, 0) is 16.1 Å². The Labute approximate surface area is 137 Å². The van der Waals surface area contributed by atoms with E-state index in [1.165, 1.54) is 12.8 Å². The zero-order valence-electron chi connectivity index (χ0n) is 13.3. The van der Waals surface area contributed by atoms with Crippen molar-refractivity contribution in [2.45, 2.75) is 25.9 Å². The third-order valence-corrected chi connectivity index (χ3v) is 3.94. The molecular weight excluding hydrogens is 294 g/mol. The normalized spacial score (nSPS) is 15.0. The topological polar surface area (TPSA) is 79.5 Å². The zero-order chi connectivity index (χ0) is 16.3. The van der Waals surface area contributed by atoms with Gasteiger partial charge in [0, 0.05) is 6.54 Å². The number of piperidine rings is 1. The molecule has 6 nitrogen and oxygen atoms in total. The Balaban J connectivity index is 1.52. The number of amides is 2. The monoisotopic (exact) mass is 319 g/mol.